The molecule has 0 spiro atoms. The van der Waals surface area contributed by atoms with Crippen molar-refractivity contribution in [3.63, 3.8) is 0 Å². The second-order valence-corrected chi connectivity index (χ2v) is 4.16. The molecule has 0 bridgehead atoms. The number of hydrogen-bond acceptors (Lipinski definition) is 2. The minimum absolute atomic E-state index is 0.157. The van der Waals surface area contributed by atoms with Gasteiger partial charge in [0.15, 0.2) is 0 Å². The third-order valence-corrected chi connectivity index (χ3v) is 3.27. The summed E-state index contributed by atoms with van der Waals surface area (Å²) in [5.41, 5.74) is 0. The van der Waals surface area contributed by atoms with Gasteiger partial charge < -0.3 is 10.4 Å². The Kier molecular flexibility index (Phi) is 4.39. The summed E-state index contributed by atoms with van der Waals surface area (Å²) < 4.78 is 0. The van der Waals surface area contributed by atoms with Crippen molar-refractivity contribution >= 4 is 5.97 Å². The first-order chi connectivity index (χ1) is 6.69. The molecule has 2 N–H and O–H groups in total. The van der Waals surface area contributed by atoms with Crippen LogP contribution in [0.2, 0.25) is 0 Å². The van der Waals surface area contributed by atoms with Crippen LogP contribution in [-0.4, -0.2) is 23.2 Å². The van der Waals surface area contributed by atoms with E-state index in [4.69, 9.17) is 5.11 Å². The lowest BCUT2D eigenvalue weighted by Gasteiger charge is -2.23. The molecule has 0 aromatic rings. The van der Waals surface area contributed by atoms with E-state index in [1.54, 1.807) is 0 Å². The van der Waals surface area contributed by atoms with Crippen LogP contribution in [0.4, 0.5) is 0 Å². The summed E-state index contributed by atoms with van der Waals surface area (Å²) in [4.78, 5) is 10.9. The second-order valence-electron chi connectivity index (χ2n) is 4.16. The van der Waals surface area contributed by atoms with Crippen molar-refractivity contribution in [3.05, 3.63) is 0 Å². The van der Waals surface area contributed by atoms with Crippen molar-refractivity contribution in [1.29, 1.82) is 0 Å². The summed E-state index contributed by atoms with van der Waals surface area (Å²) in [7, 11) is 0. The van der Waals surface area contributed by atoms with Crippen molar-refractivity contribution in [3.8, 4) is 0 Å². The van der Waals surface area contributed by atoms with Gasteiger partial charge in [-0.25, -0.2) is 0 Å². The Morgan fingerprint density at radius 2 is 2.07 bits per heavy atom. The average molecular weight is 199 g/mol. The molecule has 0 aromatic carbocycles. The van der Waals surface area contributed by atoms with E-state index in [1.165, 1.54) is 0 Å². The molecule has 14 heavy (non-hydrogen) atoms. The molecule has 3 nitrogen and oxygen atoms in total. The van der Waals surface area contributed by atoms with Gasteiger partial charge in [-0.2, -0.15) is 0 Å². The molecule has 82 valence electrons. The molecule has 2 unspecified atom stereocenters. The van der Waals surface area contributed by atoms with E-state index in [1.807, 2.05) is 0 Å². The highest BCUT2D eigenvalue weighted by Gasteiger charge is 2.33. The molecular weight excluding hydrogens is 178 g/mol. The number of aliphatic carboxylic acids is 1. The van der Waals surface area contributed by atoms with Crippen molar-refractivity contribution in [2.45, 2.75) is 58.0 Å². The van der Waals surface area contributed by atoms with Crippen molar-refractivity contribution in [2.24, 2.45) is 5.92 Å². The van der Waals surface area contributed by atoms with Gasteiger partial charge in [-0.3, -0.25) is 4.79 Å². The van der Waals surface area contributed by atoms with Crippen LogP contribution in [0.3, 0.4) is 0 Å². The maximum absolute atomic E-state index is 10.9. The fourth-order valence-corrected chi connectivity index (χ4v) is 2.28. The molecule has 0 aromatic heterocycles. The maximum atomic E-state index is 10.9. The van der Waals surface area contributed by atoms with Crippen LogP contribution in [0, 0.1) is 5.92 Å². The van der Waals surface area contributed by atoms with Gasteiger partial charge in [0.25, 0.3) is 0 Å². The van der Waals surface area contributed by atoms with Crippen LogP contribution in [0.5, 0.6) is 0 Å². The number of carboxylic acid groups (broad SMARTS) is 1. The van der Waals surface area contributed by atoms with Crippen LogP contribution in [0.1, 0.15) is 46.0 Å². The predicted molar refractivity (Wildman–Crippen MR) is 56.3 cm³/mol. The van der Waals surface area contributed by atoms with Crippen LogP contribution < -0.4 is 5.32 Å². The van der Waals surface area contributed by atoms with Gasteiger partial charge in [-0.05, 0) is 25.7 Å². The predicted octanol–water partition coefficient (Wildman–Crippen LogP) is 2.02. The smallest absolute Gasteiger partial charge is 0.308 e. The Bertz CT molecular complexity index is 190. The number of rotatable bonds is 5. The number of hydrogen-bond donors (Lipinski definition) is 2. The van der Waals surface area contributed by atoms with Gasteiger partial charge in [-0.15, -0.1) is 0 Å². The summed E-state index contributed by atoms with van der Waals surface area (Å²) in [5, 5.41) is 12.5. The van der Waals surface area contributed by atoms with Crippen molar-refractivity contribution in [1.82, 2.24) is 5.32 Å². The molecule has 0 saturated heterocycles. The third-order valence-electron chi connectivity index (χ3n) is 3.27. The molecule has 0 aliphatic heterocycles. The van der Waals surface area contributed by atoms with Gasteiger partial charge >= 0.3 is 5.97 Å². The summed E-state index contributed by atoms with van der Waals surface area (Å²) in [5.74, 6) is -0.790. The first kappa shape index (κ1) is 11.5. The quantitative estimate of drug-likeness (QED) is 0.712. The highest BCUT2D eigenvalue weighted by Crippen LogP contribution is 2.26. The van der Waals surface area contributed by atoms with E-state index in [-0.39, 0.29) is 12.0 Å². The minimum atomic E-state index is -0.633. The lowest BCUT2D eigenvalue weighted by Crippen LogP contribution is -2.42. The molecule has 1 fully saturated rings. The fraction of sp³-hybridized carbons (Fsp3) is 0.909. The maximum Gasteiger partial charge on any atom is 0.308 e. The first-order valence-electron chi connectivity index (χ1n) is 5.67. The molecule has 0 radical (unpaired) electrons. The van der Waals surface area contributed by atoms with E-state index in [9.17, 15) is 4.79 Å². The Balaban J connectivity index is 2.46. The molecule has 3 heteroatoms. The van der Waals surface area contributed by atoms with Gasteiger partial charge in [0, 0.05) is 12.1 Å². The van der Waals surface area contributed by atoms with Gasteiger partial charge in [0.05, 0.1) is 5.92 Å². The van der Waals surface area contributed by atoms with Gasteiger partial charge in [0.2, 0.25) is 0 Å². The molecule has 1 saturated carbocycles. The summed E-state index contributed by atoms with van der Waals surface area (Å²) in [6, 6.07) is 0.692. The zero-order valence-corrected chi connectivity index (χ0v) is 9.12. The monoisotopic (exact) mass is 199 g/mol. The lowest BCUT2D eigenvalue weighted by molar-refractivity contribution is -0.142. The van der Waals surface area contributed by atoms with E-state index >= 15 is 0 Å². The number of carboxylic acids is 1. The van der Waals surface area contributed by atoms with Crippen molar-refractivity contribution < 1.29 is 9.90 Å². The Hall–Kier alpha value is -0.570. The van der Waals surface area contributed by atoms with E-state index < -0.39 is 5.97 Å². The molecular formula is C11H21NO2. The number of nitrogens with one attached hydrogen (secondary N) is 1. The fourth-order valence-electron chi connectivity index (χ4n) is 2.28. The zero-order chi connectivity index (χ0) is 10.6. The Morgan fingerprint density at radius 1 is 1.43 bits per heavy atom. The highest BCUT2D eigenvalue weighted by molar-refractivity contribution is 5.71. The molecule has 0 amide bonds. The van der Waals surface area contributed by atoms with Crippen molar-refractivity contribution in [2.75, 3.05) is 0 Å². The van der Waals surface area contributed by atoms with Crippen LogP contribution >= 0.6 is 0 Å². The molecule has 0 heterocycles. The Morgan fingerprint density at radius 3 is 2.57 bits per heavy atom. The van der Waals surface area contributed by atoms with E-state index in [2.05, 4.69) is 19.2 Å². The lowest BCUT2D eigenvalue weighted by atomic mass is 10.0. The van der Waals surface area contributed by atoms with Gasteiger partial charge in [-0.1, -0.05) is 20.3 Å². The highest BCUT2D eigenvalue weighted by atomic mass is 16.4. The van der Waals surface area contributed by atoms with E-state index in [0.717, 1.165) is 32.1 Å². The minimum Gasteiger partial charge on any atom is -0.481 e. The third kappa shape index (κ3) is 2.71. The largest absolute Gasteiger partial charge is 0.481 e. The Labute approximate surface area is 85.9 Å². The molecule has 1 aliphatic rings. The molecule has 1 aliphatic carbocycles. The average Bonchev–Trinajstić information content (AvgIpc) is 2.62. The SMILES string of the molecule is CCC(CC)NC1CCCC1C(=O)O. The standard InChI is InChI=1S/C11H21NO2/c1-3-8(4-2)12-10-7-5-6-9(10)11(13)14/h8-10,12H,3-7H2,1-2H3,(H,13,14). The van der Waals surface area contributed by atoms with Crippen LogP contribution in [-0.2, 0) is 4.79 Å². The topological polar surface area (TPSA) is 49.3 Å². The van der Waals surface area contributed by atoms with Crippen LogP contribution in [0.25, 0.3) is 0 Å². The van der Waals surface area contributed by atoms with Crippen LogP contribution in [0.15, 0.2) is 0 Å². The normalized spacial score (nSPS) is 27.1. The first-order valence-corrected chi connectivity index (χ1v) is 5.67. The zero-order valence-electron chi connectivity index (χ0n) is 9.12. The second kappa shape index (κ2) is 5.35. The van der Waals surface area contributed by atoms with Gasteiger partial charge in [0.1, 0.15) is 0 Å². The number of carbonyl (C=O) groups is 1. The summed E-state index contributed by atoms with van der Waals surface area (Å²) in [6.45, 7) is 4.29. The molecule has 1 rings (SSSR count). The van der Waals surface area contributed by atoms with E-state index in [0.29, 0.717) is 6.04 Å². The summed E-state index contributed by atoms with van der Waals surface area (Å²) >= 11 is 0. The summed E-state index contributed by atoms with van der Waals surface area (Å²) in [6.07, 6.45) is 5.08. The molecule has 2 atom stereocenters.